The normalized spacial score (nSPS) is 17.9. The highest BCUT2D eigenvalue weighted by Gasteiger charge is 2.20. The van der Waals surface area contributed by atoms with Crippen LogP contribution in [0.25, 0.3) is 0 Å². The largest absolute Gasteiger partial charge is 0.494 e. The van der Waals surface area contributed by atoms with E-state index in [-0.39, 0.29) is 0 Å². The Morgan fingerprint density at radius 3 is 2.65 bits per heavy atom. The van der Waals surface area contributed by atoms with Crippen molar-refractivity contribution >= 4 is 15.9 Å². The van der Waals surface area contributed by atoms with Gasteiger partial charge >= 0.3 is 0 Å². The van der Waals surface area contributed by atoms with E-state index in [1.54, 1.807) is 0 Å². The molecular weight excluding hydrogens is 314 g/mol. The van der Waals surface area contributed by atoms with E-state index in [1.165, 1.54) is 44.1 Å². The SMILES string of the molecule is CCOc1ccc(C(CC2CCCCC2)NC)c(Br)c1. The van der Waals surface area contributed by atoms with Crippen LogP contribution in [0, 0.1) is 5.92 Å². The quantitative estimate of drug-likeness (QED) is 0.780. The number of hydrogen-bond acceptors (Lipinski definition) is 2. The van der Waals surface area contributed by atoms with Gasteiger partial charge in [0.15, 0.2) is 0 Å². The molecule has 1 saturated carbocycles. The maximum atomic E-state index is 5.55. The van der Waals surface area contributed by atoms with Gasteiger partial charge in [0, 0.05) is 10.5 Å². The number of rotatable bonds is 6. The van der Waals surface area contributed by atoms with Crippen molar-refractivity contribution < 1.29 is 4.74 Å². The fourth-order valence-electron chi connectivity index (χ4n) is 3.20. The highest BCUT2D eigenvalue weighted by Crippen LogP contribution is 2.35. The highest BCUT2D eigenvalue weighted by molar-refractivity contribution is 9.10. The maximum absolute atomic E-state index is 5.55. The van der Waals surface area contributed by atoms with Crippen molar-refractivity contribution in [3.63, 3.8) is 0 Å². The van der Waals surface area contributed by atoms with E-state index in [1.807, 2.05) is 6.92 Å². The lowest BCUT2D eigenvalue weighted by atomic mass is 9.83. The Bertz CT molecular complexity index is 415. The van der Waals surface area contributed by atoms with Crippen molar-refractivity contribution in [2.75, 3.05) is 13.7 Å². The van der Waals surface area contributed by atoms with E-state index >= 15 is 0 Å². The van der Waals surface area contributed by atoms with Crippen LogP contribution < -0.4 is 10.1 Å². The van der Waals surface area contributed by atoms with Crippen LogP contribution >= 0.6 is 15.9 Å². The van der Waals surface area contributed by atoms with Crippen molar-refractivity contribution in [1.82, 2.24) is 5.32 Å². The van der Waals surface area contributed by atoms with E-state index < -0.39 is 0 Å². The molecule has 0 saturated heterocycles. The minimum atomic E-state index is 0.433. The zero-order chi connectivity index (χ0) is 14.4. The smallest absolute Gasteiger partial charge is 0.120 e. The Morgan fingerprint density at radius 1 is 1.30 bits per heavy atom. The second-order valence-corrected chi connectivity index (χ2v) is 6.55. The molecule has 0 aromatic heterocycles. The first-order chi connectivity index (χ1) is 9.74. The Balaban J connectivity index is 2.06. The molecule has 0 spiro atoms. The van der Waals surface area contributed by atoms with Gasteiger partial charge in [-0.2, -0.15) is 0 Å². The number of nitrogens with one attached hydrogen (secondary N) is 1. The lowest BCUT2D eigenvalue weighted by Crippen LogP contribution is -2.21. The third-order valence-electron chi connectivity index (χ3n) is 4.30. The van der Waals surface area contributed by atoms with Crippen molar-refractivity contribution in [2.24, 2.45) is 5.92 Å². The van der Waals surface area contributed by atoms with Gasteiger partial charge in [-0.05, 0) is 44.0 Å². The summed E-state index contributed by atoms with van der Waals surface area (Å²) in [6.45, 7) is 2.73. The minimum absolute atomic E-state index is 0.433. The number of benzene rings is 1. The molecule has 0 heterocycles. The van der Waals surface area contributed by atoms with E-state index in [0.29, 0.717) is 12.6 Å². The predicted octanol–water partition coefficient (Wildman–Crippen LogP) is 5.08. The van der Waals surface area contributed by atoms with E-state index in [2.05, 4.69) is 46.5 Å². The number of hydrogen-bond donors (Lipinski definition) is 1. The molecule has 0 aliphatic heterocycles. The summed E-state index contributed by atoms with van der Waals surface area (Å²) < 4.78 is 6.71. The standard InChI is InChI=1S/C17H26BrNO/c1-3-20-14-9-10-15(16(18)12-14)17(19-2)11-13-7-5-4-6-8-13/h9-10,12-13,17,19H,3-8,11H2,1-2H3. The first-order valence-electron chi connectivity index (χ1n) is 7.84. The molecule has 1 atom stereocenters. The molecular formula is C17H26BrNO. The summed E-state index contributed by atoms with van der Waals surface area (Å²) in [6, 6.07) is 6.79. The summed E-state index contributed by atoms with van der Waals surface area (Å²) in [5.41, 5.74) is 1.35. The molecule has 1 N–H and O–H groups in total. The summed E-state index contributed by atoms with van der Waals surface area (Å²) >= 11 is 3.70. The molecule has 0 radical (unpaired) electrons. The Hall–Kier alpha value is -0.540. The summed E-state index contributed by atoms with van der Waals surface area (Å²) in [5.74, 6) is 1.82. The van der Waals surface area contributed by atoms with Crippen molar-refractivity contribution in [3.05, 3.63) is 28.2 Å². The average molecular weight is 340 g/mol. The van der Waals surface area contributed by atoms with Crippen LogP contribution in [0.3, 0.4) is 0 Å². The average Bonchev–Trinajstić information content (AvgIpc) is 2.47. The third-order valence-corrected chi connectivity index (χ3v) is 4.99. The molecule has 1 fully saturated rings. The summed E-state index contributed by atoms with van der Waals surface area (Å²) in [5, 5.41) is 3.49. The summed E-state index contributed by atoms with van der Waals surface area (Å²) in [4.78, 5) is 0. The van der Waals surface area contributed by atoms with Crippen LogP contribution in [-0.2, 0) is 0 Å². The monoisotopic (exact) mass is 339 g/mol. The molecule has 0 bridgehead atoms. The van der Waals surface area contributed by atoms with Gasteiger partial charge in [0.05, 0.1) is 6.61 Å². The predicted molar refractivity (Wildman–Crippen MR) is 88.3 cm³/mol. The van der Waals surface area contributed by atoms with Gasteiger partial charge in [-0.1, -0.05) is 54.1 Å². The second-order valence-electron chi connectivity index (χ2n) is 5.70. The molecule has 3 heteroatoms. The van der Waals surface area contributed by atoms with Gasteiger partial charge in [0.1, 0.15) is 5.75 Å². The zero-order valence-electron chi connectivity index (χ0n) is 12.6. The molecule has 0 amide bonds. The Labute approximate surface area is 131 Å². The molecule has 1 aromatic rings. The molecule has 112 valence electrons. The molecule has 2 rings (SSSR count). The first kappa shape index (κ1) is 15.8. The maximum Gasteiger partial charge on any atom is 0.120 e. The lowest BCUT2D eigenvalue weighted by Gasteiger charge is -2.27. The third kappa shape index (κ3) is 4.23. The van der Waals surface area contributed by atoms with E-state index in [4.69, 9.17) is 4.74 Å². The lowest BCUT2D eigenvalue weighted by molar-refractivity contribution is 0.305. The van der Waals surface area contributed by atoms with Crippen LogP contribution in [0.4, 0.5) is 0 Å². The molecule has 1 aliphatic rings. The van der Waals surface area contributed by atoms with Crippen LogP contribution in [0.1, 0.15) is 57.1 Å². The molecule has 1 unspecified atom stereocenters. The molecule has 1 aromatic carbocycles. The van der Waals surface area contributed by atoms with Crippen LogP contribution in [0.15, 0.2) is 22.7 Å². The Morgan fingerprint density at radius 2 is 2.05 bits per heavy atom. The highest BCUT2D eigenvalue weighted by atomic mass is 79.9. The van der Waals surface area contributed by atoms with Crippen LogP contribution in [0.5, 0.6) is 5.75 Å². The zero-order valence-corrected chi connectivity index (χ0v) is 14.2. The van der Waals surface area contributed by atoms with Gasteiger partial charge in [-0.3, -0.25) is 0 Å². The van der Waals surface area contributed by atoms with Crippen molar-refractivity contribution in [1.29, 1.82) is 0 Å². The van der Waals surface area contributed by atoms with Crippen LogP contribution in [0.2, 0.25) is 0 Å². The van der Waals surface area contributed by atoms with Gasteiger partial charge in [-0.25, -0.2) is 0 Å². The fourth-order valence-corrected chi connectivity index (χ4v) is 3.84. The second kappa shape index (κ2) is 8.04. The summed E-state index contributed by atoms with van der Waals surface area (Å²) in [6.07, 6.45) is 8.27. The minimum Gasteiger partial charge on any atom is -0.494 e. The van der Waals surface area contributed by atoms with E-state index in [9.17, 15) is 0 Å². The van der Waals surface area contributed by atoms with Gasteiger partial charge < -0.3 is 10.1 Å². The van der Waals surface area contributed by atoms with Gasteiger partial charge in [-0.15, -0.1) is 0 Å². The molecule has 2 nitrogen and oxygen atoms in total. The Kier molecular flexibility index (Phi) is 6.37. The summed E-state index contributed by atoms with van der Waals surface area (Å²) in [7, 11) is 2.07. The van der Waals surface area contributed by atoms with Gasteiger partial charge in [0.2, 0.25) is 0 Å². The topological polar surface area (TPSA) is 21.3 Å². The van der Waals surface area contributed by atoms with E-state index in [0.717, 1.165) is 16.1 Å². The number of halogens is 1. The first-order valence-corrected chi connectivity index (χ1v) is 8.63. The molecule has 1 aliphatic carbocycles. The fraction of sp³-hybridized carbons (Fsp3) is 0.647. The van der Waals surface area contributed by atoms with Crippen molar-refractivity contribution in [2.45, 2.75) is 51.5 Å². The number of ether oxygens (including phenoxy) is 1. The van der Waals surface area contributed by atoms with Crippen LogP contribution in [-0.4, -0.2) is 13.7 Å². The van der Waals surface area contributed by atoms with Crippen molar-refractivity contribution in [3.8, 4) is 5.75 Å². The van der Waals surface area contributed by atoms with Gasteiger partial charge in [0.25, 0.3) is 0 Å². The molecule has 20 heavy (non-hydrogen) atoms.